The molecule has 2 saturated heterocycles. The van der Waals surface area contributed by atoms with Gasteiger partial charge in [-0.1, -0.05) is 30.3 Å². The highest BCUT2D eigenvalue weighted by atomic mass is 32.3. The Balaban J connectivity index is 1.68. The van der Waals surface area contributed by atoms with Crippen LogP contribution in [0, 0.1) is 0 Å². The largest absolute Gasteiger partial charge is 0.400 e. The molecule has 0 saturated carbocycles. The van der Waals surface area contributed by atoms with Crippen LogP contribution in [0.15, 0.2) is 30.3 Å². The van der Waals surface area contributed by atoms with Gasteiger partial charge in [0.15, 0.2) is 0 Å². The minimum atomic E-state index is -3.94. The third-order valence-electron chi connectivity index (χ3n) is 3.43. The minimum absolute atomic E-state index is 0.0253. The Morgan fingerprint density at radius 2 is 2.05 bits per heavy atom. The maximum Gasteiger partial charge on any atom is 0.400 e. The van der Waals surface area contributed by atoms with Crippen LogP contribution in [0.4, 0.5) is 0 Å². The predicted octanol–water partition coefficient (Wildman–Crippen LogP) is 1.02. The Hall–Kier alpha value is -0.990. The highest BCUT2D eigenvalue weighted by Gasteiger charge is 2.50. The van der Waals surface area contributed by atoms with E-state index in [1.165, 1.54) is 0 Å². The van der Waals surface area contributed by atoms with Crippen molar-refractivity contribution in [2.45, 2.75) is 37.9 Å². The molecule has 0 radical (unpaired) electrons. The maximum atomic E-state index is 11.4. The normalized spacial score (nSPS) is 35.6. The van der Waals surface area contributed by atoms with Gasteiger partial charge in [-0.05, 0) is 12.5 Å². The first-order chi connectivity index (χ1) is 9.55. The van der Waals surface area contributed by atoms with Gasteiger partial charge in [0.1, 0.15) is 18.3 Å². The molecule has 7 heteroatoms. The zero-order valence-corrected chi connectivity index (χ0v) is 11.8. The zero-order chi connectivity index (χ0) is 14.2. The molecule has 0 unspecified atom stereocenters. The van der Waals surface area contributed by atoms with Crippen LogP contribution in [0.3, 0.4) is 0 Å². The molecule has 2 aliphatic heterocycles. The van der Waals surface area contributed by atoms with Crippen molar-refractivity contribution in [2.24, 2.45) is 0 Å². The van der Waals surface area contributed by atoms with E-state index in [1.807, 2.05) is 37.3 Å². The molecule has 2 fully saturated rings. The van der Waals surface area contributed by atoms with Crippen LogP contribution < -0.4 is 0 Å². The number of benzene rings is 1. The molecule has 6 nitrogen and oxygen atoms in total. The molecule has 1 aromatic rings. The van der Waals surface area contributed by atoms with Crippen LogP contribution in [0.5, 0.6) is 0 Å². The van der Waals surface area contributed by atoms with E-state index in [4.69, 9.17) is 13.7 Å². The van der Waals surface area contributed by atoms with Crippen molar-refractivity contribution in [1.29, 1.82) is 0 Å². The predicted molar refractivity (Wildman–Crippen MR) is 69.1 cm³/mol. The van der Waals surface area contributed by atoms with Gasteiger partial charge in [-0.25, -0.2) is 8.37 Å². The molecule has 20 heavy (non-hydrogen) atoms. The summed E-state index contributed by atoms with van der Waals surface area (Å²) < 4.78 is 43.7. The molecule has 1 aromatic carbocycles. The van der Waals surface area contributed by atoms with E-state index in [-0.39, 0.29) is 12.7 Å². The van der Waals surface area contributed by atoms with Crippen molar-refractivity contribution in [3.8, 4) is 0 Å². The lowest BCUT2D eigenvalue weighted by Crippen LogP contribution is -2.44. The molecular formula is C13H16O6S. The van der Waals surface area contributed by atoms with Gasteiger partial charge in [0.25, 0.3) is 0 Å². The molecule has 2 aliphatic rings. The molecule has 0 N–H and O–H groups in total. The topological polar surface area (TPSA) is 71.1 Å². The molecule has 0 spiro atoms. The number of fused-ring (bicyclic) bond motifs is 1. The average molecular weight is 300 g/mol. The Labute approximate surface area is 117 Å². The number of ether oxygens (including phenoxy) is 2. The lowest BCUT2D eigenvalue weighted by atomic mass is 10.1. The van der Waals surface area contributed by atoms with Crippen molar-refractivity contribution < 1.29 is 26.3 Å². The Morgan fingerprint density at radius 3 is 2.80 bits per heavy atom. The second-order valence-electron chi connectivity index (χ2n) is 4.89. The van der Waals surface area contributed by atoms with Gasteiger partial charge in [0, 0.05) is 0 Å². The quantitative estimate of drug-likeness (QED) is 0.830. The first-order valence-electron chi connectivity index (χ1n) is 6.44. The van der Waals surface area contributed by atoms with Crippen molar-refractivity contribution in [3.05, 3.63) is 35.9 Å². The van der Waals surface area contributed by atoms with Gasteiger partial charge in [-0.15, -0.1) is 0 Å². The monoisotopic (exact) mass is 300 g/mol. The molecule has 0 bridgehead atoms. The van der Waals surface area contributed by atoms with Crippen LogP contribution in [-0.2, 0) is 34.8 Å². The first kappa shape index (κ1) is 14.0. The van der Waals surface area contributed by atoms with Gasteiger partial charge < -0.3 is 9.47 Å². The summed E-state index contributed by atoms with van der Waals surface area (Å²) in [6, 6.07) is 9.66. The first-order valence-corrected chi connectivity index (χ1v) is 7.77. The summed E-state index contributed by atoms with van der Waals surface area (Å²) in [6.45, 7) is 2.19. The number of rotatable bonds is 3. The maximum absolute atomic E-state index is 11.4. The van der Waals surface area contributed by atoms with E-state index < -0.39 is 28.7 Å². The standard InChI is InChI=1S/C13H16O6S/c1-9-12(16-7-10-5-3-2-4-6-10)13-11(18-9)8-17-20(14,15)19-13/h2-6,9,11-13H,7-8H2,1H3/t9-,11-,12-,13-/m1/s1. The fraction of sp³-hybridized carbons (Fsp3) is 0.538. The van der Waals surface area contributed by atoms with Crippen molar-refractivity contribution in [2.75, 3.05) is 6.61 Å². The van der Waals surface area contributed by atoms with E-state index in [2.05, 4.69) is 4.18 Å². The Kier molecular flexibility index (Phi) is 3.78. The SMILES string of the molecule is C[C@H]1O[C@@H]2COS(=O)(=O)O[C@H]2[C@@H]1OCc1ccccc1. The lowest BCUT2D eigenvalue weighted by molar-refractivity contribution is -0.0441. The fourth-order valence-corrected chi connectivity index (χ4v) is 3.33. The van der Waals surface area contributed by atoms with Crippen molar-refractivity contribution in [3.63, 3.8) is 0 Å². The molecule has 0 amide bonds. The van der Waals surface area contributed by atoms with Gasteiger partial charge in [0.2, 0.25) is 0 Å². The summed E-state index contributed by atoms with van der Waals surface area (Å²) in [5.41, 5.74) is 1.01. The summed E-state index contributed by atoms with van der Waals surface area (Å²) in [7, 11) is -3.94. The third kappa shape index (κ3) is 2.87. The Morgan fingerprint density at radius 1 is 1.30 bits per heavy atom. The van der Waals surface area contributed by atoms with Crippen LogP contribution in [-0.4, -0.2) is 39.4 Å². The van der Waals surface area contributed by atoms with Gasteiger partial charge >= 0.3 is 10.4 Å². The number of hydrogen-bond donors (Lipinski definition) is 0. The molecule has 3 rings (SSSR count). The van der Waals surface area contributed by atoms with E-state index in [0.29, 0.717) is 6.61 Å². The van der Waals surface area contributed by atoms with Crippen molar-refractivity contribution in [1.82, 2.24) is 0 Å². The lowest BCUT2D eigenvalue weighted by Gasteiger charge is -2.26. The molecule has 0 aromatic heterocycles. The van der Waals surface area contributed by atoms with Gasteiger partial charge in [-0.2, -0.15) is 8.42 Å². The van der Waals surface area contributed by atoms with Gasteiger partial charge in [-0.3, -0.25) is 0 Å². The summed E-state index contributed by atoms with van der Waals surface area (Å²) in [5.74, 6) is 0. The smallest absolute Gasteiger partial charge is 0.368 e. The summed E-state index contributed by atoms with van der Waals surface area (Å²) in [4.78, 5) is 0. The second kappa shape index (κ2) is 5.42. The highest BCUT2D eigenvalue weighted by molar-refractivity contribution is 7.81. The minimum Gasteiger partial charge on any atom is -0.368 e. The average Bonchev–Trinajstić information content (AvgIpc) is 2.72. The summed E-state index contributed by atoms with van der Waals surface area (Å²) in [5, 5.41) is 0. The van der Waals surface area contributed by atoms with Crippen LogP contribution in [0.1, 0.15) is 12.5 Å². The molecule has 4 atom stereocenters. The fourth-order valence-electron chi connectivity index (χ4n) is 2.47. The van der Waals surface area contributed by atoms with E-state index in [1.54, 1.807) is 0 Å². The van der Waals surface area contributed by atoms with Crippen LogP contribution in [0.25, 0.3) is 0 Å². The van der Waals surface area contributed by atoms with Crippen LogP contribution >= 0.6 is 0 Å². The molecule has 0 aliphatic carbocycles. The summed E-state index contributed by atoms with van der Waals surface area (Å²) >= 11 is 0. The molecular weight excluding hydrogens is 284 g/mol. The second-order valence-corrected chi connectivity index (χ2v) is 6.14. The zero-order valence-electron chi connectivity index (χ0n) is 11.0. The third-order valence-corrected chi connectivity index (χ3v) is 4.32. The van der Waals surface area contributed by atoms with Gasteiger partial charge in [0.05, 0.1) is 19.3 Å². The van der Waals surface area contributed by atoms with E-state index in [9.17, 15) is 8.42 Å². The summed E-state index contributed by atoms with van der Waals surface area (Å²) in [6.07, 6.45) is -1.73. The number of hydrogen-bond acceptors (Lipinski definition) is 6. The van der Waals surface area contributed by atoms with E-state index >= 15 is 0 Å². The molecule has 2 heterocycles. The van der Waals surface area contributed by atoms with E-state index in [0.717, 1.165) is 5.56 Å². The van der Waals surface area contributed by atoms with Crippen molar-refractivity contribution >= 4 is 10.4 Å². The Bertz CT molecular complexity index is 557. The highest BCUT2D eigenvalue weighted by Crippen LogP contribution is 2.32. The van der Waals surface area contributed by atoms with Crippen LogP contribution in [0.2, 0.25) is 0 Å². The molecule has 110 valence electrons.